The second-order valence-corrected chi connectivity index (χ2v) is 5.23. The van der Waals surface area contributed by atoms with Gasteiger partial charge >= 0.3 is 0 Å². The van der Waals surface area contributed by atoms with Gasteiger partial charge in [-0.3, -0.25) is 4.68 Å². The fourth-order valence-electron chi connectivity index (χ4n) is 1.81. The Morgan fingerprint density at radius 1 is 1.37 bits per heavy atom. The molecule has 0 aliphatic rings. The average Bonchev–Trinajstić information content (AvgIpc) is 2.77. The van der Waals surface area contributed by atoms with Gasteiger partial charge in [-0.1, -0.05) is 23.2 Å². The van der Waals surface area contributed by atoms with Crippen LogP contribution in [0.1, 0.15) is 24.1 Å². The lowest BCUT2D eigenvalue weighted by atomic mass is 10.1. The fraction of sp³-hybridized carbons (Fsp3) is 0.308. The number of nitrogens with one attached hydrogen (secondary N) is 1. The number of hydrogen-bond acceptors (Lipinski definition) is 2. The lowest BCUT2D eigenvalue weighted by molar-refractivity contribution is 0.565. The maximum Gasteiger partial charge on any atom is 0.142 e. The van der Waals surface area contributed by atoms with Gasteiger partial charge in [0, 0.05) is 36.4 Å². The smallest absolute Gasteiger partial charge is 0.142 e. The SMILES string of the molecule is CC(NCc1cnn(C)c1)c1cc(F)c(Cl)cc1Cl. The van der Waals surface area contributed by atoms with Gasteiger partial charge in [0.15, 0.2) is 0 Å². The summed E-state index contributed by atoms with van der Waals surface area (Å²) in [6.45, 7) is 2.56. The second-order valence-electron chi connectivity index (χ2n) is 4.41. The van der Waals surface area contributed by atoms with Crippen LogP contribution in [-0.4, -0.2) is 9.78 Å². The molecule has 0 amide bonds. The molecule has 6 heteroatoms. The van der Waals surface area contributed by atoms with Crippen molar-refractivity contribution in [2.75, 3.05) is 0 Å². The number of rotatable bonds is 4. The van der Waals surface area contributed by atoms with E-state index in [0.29, 0.717) is 17.1 Å². The maximum atomic E-state index is 13.5. The number of aryl methyl sites for hydroxylation is 1. The Kier molecular flexibility index (Phi) is 4.45. The third-order valence-electron chi connectivity index (χ3n) is 2.88. The predicted octanol–water partition coefficient (Wildman–Crippen LogP) is 3.72. The zero-order valence-corrected chi connectivity index (χ0v) is 12.1. The summed E-state index contributed by atoms with van der Waals surface area (Å²) in [4.78, 5) is 0. The van der Waals surface area contributed by atoms with Gasteiger partial charge in [0.2, 0.25) is 0 Å². The minimum absolute atomic E-state index is 0.0354. The van der Waals surface area contributed by atoms with Gasteiger partial charge in [0.25, 0.3) is 0 Å². The van der Waals surface area contributed by atoms with Crippen LogP contribution in [0.15, 0.2) is 24.5 Å². The van der Waals surface area contributed by atoms with E-state index in [4.69, 9.17) is 23.2 Å². The minimum atomic E-state index is -0.462. The van der Waals surface area contributed by atoms with Crippen molar-refractivity contribution >= 4 is 23.2 Å². The van der Waals surface area contributed by atoms with E-state index in [9.17, 15) is 4.39 Å². The van der Waals surface area contributed by atoms with Crippen LogP contribution in [0.4, 0.5) is 4.39 Å². The molecule has 0 saturated carbocycles. The number of benzene rings is 1. The third kappa shape index (κ3) is 3.47. The first-order chi connectivity index (χ1) is 8.97. The molecule has 19 heavy (non-hydrogen) atoms. The third-order valence-corrected chi connectivity index (χ3v) is 3.49. The topological polar surface area (TPSA) is 29.9 Å². The summed E-state index contributed by atoms with van der Waals surface area (Å²) in [6, 6.07) is 2.71. The average molecular weight is 302 g/mol. The van der Waals surface area contributed by atoms with Crippen LogP contribution in [0.25, 0.3) is 0 Å². The molecule has 0 saturated heterocycles. The molecular formula is C13H14Cl2FN3. The molecule has 2 rings (SSSR count). The van der Waals surface area contributed by atoms with Crippen molar-refractivity contribution < 1.29 is 4.39 Å². The van der Waals surface area contributed by atoms with Crippen molar-refractivity contribution in [3.8, 4) is 0 Å². The molecule has 1 aromatic carbocycles. The molecule has 1 aromatic heterocycles. The predicted molar refractivity (Wildman–Crippen MR) is 74.9 cm³/mol. The van der Waals surface area contributed by atoms with Gasteiger partial charge in [-0.15, -0.1) is 0 Å². The summed E-state index contributed by atoms with van der Waals surface area (Å²) in [7, 11) is 1.86. The van der Waals surface area contributed by atoms with Crippen LogP contribution in [0, 0.1) is 5.82 Å². The molecule has 0 radical (unpaired) electrons. The van der Waals surface area contributed by atoms with E-state index >= 15 is 0 Å². The normalized spacial score (nSPS) is 12.7. The van der Waals surface area contributed by atoms with E-state index in [1.54, 1.807) is 10.9 Å². The van der Waals surface area contributed by atoms with Crippen LogP contribution in [0.3, 0.4) is 0 Å². The first kappa shape index (κ1) is 14.3. The largest absolute Gasteiger partial charge is 0.306 e. The van der Waals surface area contributed by atoms with Crippen LogP contribution in [0.5, 0.6) is 0 Å². The van der Waals surface area contributed by atoms with Crippen LogP contribution >= 0.6 is 23.2 Å². The number of nitrogens with zero attached hydrogens (tertiary/aromatic N) is 2. The highest BCUT2D eigenvalue weighted by molar-refractivity contribution is 6.35. The minimum Gasteiger partial charge on any atom is -0.306 e. The Morgan fingerprint density at radius 3 is 2.74 bits per heavy atom. The Balaban J connectivity index is 2.07. The van der Waals surface area contributed by atoms with Crippen molar-refractivity contribution in [1.29, 1.82) is 0 Å². The summed E-state index contributed by atoms with van der Waals surface area (Å²) < 4.78 is 15.2. The standard InChI is InChI=1S/C13H14Cl2FN3/c1-8(17-5-9-6-18-19(2)7-9)10-3-13(16)12(15)4-11(10)14/h3-4,6-8,17H,5H2,1-2H3. The lowest BCUT2D eigenvalue weighted by Crippen LogP contribution is -2.18. The number of hydrogen-bond donors (Lipinski definition) is 1. The quantitative estimate of drug-likeness (QED) is 0.872. The molecule has 102 valence electrons. The molecular weight excluding hydrogens is 288 g/mol. The molecule has 0 aliphatic heterocycles. The van der Waals surface area contributed by atoms with Crippen molar-refractivity contribution in [2.24, 2.45) is 7.05 Å². The number of aromatic nitrogens is 2. The summed E-state index contributed by atoms with van der Waals surface area (Å²) >= 11 is 11.8. The zero-order chi connectivity index (χ0) is 14.0. The number of halogens is 3. The molecule has 0 bridgehead atoms. The molecule has 1 N–H and O–H groups in total. The second kappa shape index (κ2) is 5.90. The van der Waals surface area contributed by atoms with E-state index in [1.807, 2.05) is 20.2 Å². The van der Waals surface area contributed by atoms with Crippen molar-refractivity contribution in [2.45, 2.75) is 19.5 Å². The van der Waals surface area contributed by atoms with Crippen LogP contribution in [-0.2, 0) is 13.6 Å². The lowest BCUT2D eigenvalue weighted by Gasteiger charge is -2.15. The van der Waals surface area contributed by atoms with Gasteiger partial charge in [-0.2, -0.15) is 5.10 Å². The molecule has 1 unspecified atom stereocenters. The fourth-order valence-corrected chi connectivity index (χ4v) is 2.36. The van der Waals surface area contributed by atoms with Gasteiger partial charge in [0.05, 0.1) is 11.2 Å². The van der Waals surface area contributed by atoms with Gasteiger partial charge in [0.1, 0.15) is 5.82 Å². The Morgan fingerprint density at radius 2 is 2.11 bits per heavy atom. The first-order valence-corrected chi connectivity index (χ1v) is 6.58. The van der Waals surface area contributed by atoms with Crippen molar-refractivity contribution in [3.63, 3.8) is 0 Å². The molecule has 1 heterocycles. The summed E-state index contributed by atoms with van der Waals surface area (Å²) in [6.07, 6.45) is 3.70. The highest BCUT2D eigenvalue weighted by Gasteiger charge is 2.13. The molecule has 3 nitrogen and oxygen atoms in total. The van der Waals surface area contributed by atoms with Crippen molar-refractivity contribution in [3.05, 3.63) is 51.5 Å². The molecule has 0 fully saturated rings. The van der Waals surface area contributed by atoms with E-state index < -0.39 is 5.82 Å². The summed E-state index contributed by atoms with van der Waals surface area (Å²) in [5, 5.41) is 7.84. The van der Waals surface area contributed by atoms with E-state index in [-0.39, 0.29) is 11.1 Å². The highest BCUT2D eigenvalue weighted by atomic mass is 35.5. The molecule has 2 aromatic rings. The van der Waals surface area contributed by atoms with E-state index in [0.717, 1.165) is 5.56 Å². The van der Waals surface area contributed by atoms with Gasteiger partial charge < -0.3 is 5.32 Å². The van der Waals surface area contributed by atoms with Crippen LogP contribution in [0.2, 0.25) is 10.0 Å². The summed E-state index contributed by atoms with van der Waals surface area (Å²) in [5.41, 5.74) is 1.74. The van der Waals surface area contributed by atoms with E-state index in [1.165, 1.54) is 12.1 Å². The molecule has 0 aliphatic carbocycles. The zero-order valence-electron chi connectivity index (χ0n) is 10.6. The van der Waals surface area contributed by atoms with Gasteiger partial charge in [-0.25, -0.2) is 4.39 Å². The Hall–Kier alpha value is -1.10. The van der Waals surface area contributed by atoms with E-state index in [2.05, 4.69) is 10.4 Å². The maximum absolute atomic E-state index is 13.5. The summed E-state index contributed by atoms with van der Waals surface area (Å²) in [5.74, 6) is -0.462. The monoisotopic (exact) mass is 301 g/mol. The Bertz CT molecular complexity index is 583. The first-order valence-electron chi connectivity index (χ1n) is 5.82. The molecule has 0 spiro atoms. The molecule has 1 atom stereocenters. The highest BCUT2D eigenvalue weighted by Crippen LogP contribution is 2.28. The van der Waals surface area contributed by atoms with Crippen molar-refractivity contribution in [1.82, 2.24) is 15.1 Å². The van der Waals surface area contributed by atoms with Gasteiger partial charge in [-0.05, 0) is 24.6 Å². The van der Waals surface area contributed by atoms with Crippen LogP contribution < -0.4 is 5.32 Å². The Labute approximate surface area is 121 Å².